The van der Waals surface area contributed by atoms with Crippen molar-refractivity contribution in [3.05, 3.63) is 0 Å². The van der Waals surface area contributed by atoms with Gasteiger partial charge in [0, 0.05) is 13.1 Å². The second-order valence-corrected chi connectivity index (χ2v) is 3.65. The van der Waals surface area contributed by atoms with Crippen molar-refractivity contribution in [3.63, 3.8) is 0 Å². The molecule has 0 aliphatic carbocycles. The zero-order valence-electron chi connectivity index (χ0n) is 9.64. The van der Waals surface area contributed by atoms with E-state index in [4.69, 9.17) is 5.73 Å². The lowest BCUT2D eigenvalue weighted by Gasteiger charge is -2.33. The fourth-order valence-corrected chi connectivity index (χ4v) is 1.45. The molecule has 0 saturated carbocycles. The standard InChI is InChI=1S/C9H18F3N3O/c1-4-6(13)8(9(10,11)12)15(3)5-7(16)14-2/h6,8H,4-5,13H2,1-3H3,(H,14,16). The molecule has 4 nitrogen and oxygen atoms in total. The Hall–Kier alpha value is -0.820. The molecule has 1 amide bonds. The van der Waals surface area contributed by atoms with Crippen LogP contribution < -0.4 is 11.1 Å². The fourth-order valence-electron chi connectivity index (χ4n) is 1.45. The number of likely N-dealkylation sites (N-methyl/N-ethyl adjacent to an activating group) is 2. The molecule has 96 valence electrons. The number of hydrogen-bond donors (Lipinski definition) is 2. The zero-order valence-corrected chi connectivity index (χ0v) is 9.64. The van der Waals surface area contributed by atoms with Crippen molar-refractivity contribution in [2.24, 2.45) is 5.73 Å². The molecule has 0 radical (unpaired) electrons. The van der Waals surface area contributed by atoms with Gasteiger partial charge in [-0.1, -0.05) is 6.92 Å². The number of nitrogens with zero attached hydrogens (tertiary/aromatic N) is 1. The Balaban J connectivity index is 4.70. The Morgan fingerprint density at radius 3 is 2.31 bits per heavy atom. The summed E-state index contributed by atoms with van der Waals surface area (Å²) < 4.78 is 38.1. The summed E-state index contributed by atoms with van der Waals surface area (Å²) in [5, 5.41) is 2.27. The van der Waals surface area contributed by atoms with Gasteiger partial charge in [-0.3, -0.25) is 9.69 Å². The molecule has 2 atom stereocenters. The van der Waals surface area contributed by atoms with Gasteiger partial charge in [0.15, 0.2) is 0 Å². The highest BCUT2D eigenvalue weighted by Crippen LogP contribution is 2.26. The molecule has 0 rings (SSSR count). The van der Waals surface area contributed by atoms with Crippen molar-refractivity contribution in [3.8, 4) is 0 Å². The molecule has 0 saturated heterocycles. The lowest BCUT2D eigenvalue weighted by Crippen LogP contribution is -2.56. The van der Waals surface area contributed by atoms with E-state index in [-0.39, 0.29) is 13.0 Å². The Kier molecular flexibility index (Phi) is 5.74. The van der Waals surface area contributed by atoms with Crippen LogP contribution >= 0.6 is 0 Å². The first kappa shape index (κ1) is 15.2. The van der Waals surface area contributed by atoms with E-state index >= 15 is 0 Å². The van der Waals surface area contributed by atoms with E-state index in [0.29, 0.717) is 0 Å². The summed E-state index contributed by atoms with van der Waals surface area (Å²) in [7, 11) is 2.61. The molecular weight excluding hydrogens is 223 g/mol. The molecule has 0 aliphatic heterocycles. The molecule has 0 aromatic heterocycles. The Morgan fingerprint density at radius 1 is 1.50 bits per heavy atom. The smallest absolute Gasteiger partial charge is 0.358 e. The quantitative estimate of drug-likeness (QED) is 0.729. The highest BCUT2D eigenvalue weighted by molar-refractivity contribution is 5.77. The first-order valence-electron chi connectivity index (χ1n) is 4.97. The first-order chi connectivity index (χ1) is 7.23. The van der Waals surface area contributed by atoms with Gasteiger partial charge in [0.05, 0.1) is 6.54 Å². The normalized spacial score (nSPS) is 16.0. The number of nitrogens with one attached hydrogen (secondary N) is 1. The second-order valence-electron chi connectivity index (χ2n) is 3.65. The van der Waals surface area contributed by atoms with E-state index in [2.05, 4.69) is 5.32 Å². The summed E-state index contributed by atoms with van der Waals surface area (Å²) in [5.74, 6) is -0.472. The summed E-state index contributed by atoms with van der Waals surface area (Å²) in [6, 6.07) is -2.83. The van der Waals surface area contributed by atoms with Gasteiger partial charge in [0.2, 0.25) is 5.91 Å². The number of rotatable bonds is 5. The van der Waals surface area contributed by atoms with Crippen LogP contribution in [0.2, 0.25) is 0 Å². The van der Waals surface area contributed by atoms with E-state index in [1.807, 2.05) is 0 Å². The molecule has 0 aromatic carbocycles. The number of carbonyl (C=O) groups excluding carboxylic acids is 1. The third-order valence-electron chi connectivity index (χ3n) is 2.36. The van der Waals surface area contributed by atoms with E-state index in [1.165, 1.54) is 14.1 Å². The molecule has 0 aromatic rings. The summed E-state index contributed by atoms with van der Waals surface area (Å²) >= 11 is 0. The number of hydrogen-bond acceptors (Lipinski definition) is 3. The number of halogens is 3. The molecule has 2 unspecified atom stereocenters. The SMILES string of the molecule is CCC(N)C(N(C)CC(=O)NC)C(F)(F)F. The van der Waals surface area contributed by atoms with E-state index in [1.54, 1.807) is 6.92 Å². The van der Waals surface area contributed by atoms with Crippen LogP contribution in [-0.4, -0.2) is 49.7 Å². The van der Waals surface area contributed by atoms with Gasteiger partial charge in [-0.15, -0.1) is 0 Å². The molecule has 0 spiro atoms. The molecule has 0 aliphatic rings. The number of amides is 1. The molecule has 16 heavy (non-hydrogen) atoms. The van der Waals surface area contributed by atoms with Gasteiger partial charge in [0.1, 0.15) is 6.04 Å². The molecule has 3 N–H and O–H groups in total. The summed E-state index contributed by atoms with van der Waals surface area (Å²) in [5.41, 5.74) is 5.43. The van der Waals surface area contributed by atoms with Gasteiger partial charge in [0.25, 0.3) is 0 Å². The first-order valence-corrected chi connectivity index (χ1v) is 4.97. The maximum atomic E-state index is 12.7. The van der Waals surface area contributed by atoms with Gasteiger partial charge >= 0.3 is 6.18 Å². The topological polar surface area (TPSA) is 58.4 Å². The summed E-state index contributed by atoms with van der Waals surface area (Å²) in [6.45, 7) is 1.26. The van der Waals surface area contributed by atoms with E-state index in [9.17, 15) is 18.0 Å². The average molecular weight is 241 g/mol. The van der Waals surface area contributed by atoms with Gasteiger partial charge in [-0.05, 0) is 13.5 Å². The molecular formula is C9H18F3N3O. The number of alkyl halides is 3. The minimum absolute atomic E-state index is 0.197. The largest absolute Gasteiger partial charge is 0.405 e. The van der Waals surface area contributed by atoms with E-state index < -0.39 is 24.2 Å². The van der Waals surface area contributed by atoms with Crippen molar-refractivity contribution in [1.29, 1.82) is 0 Å². The lowest BCUT2D eigenvalue weighted by molar-refractivity contribution is -0.186. The average Bonchev–Trinajstić information content (AvgIpc) is 2.15. The van der Waals surface area contributed by atoms with Crippen molar-refractivity contribution in [2.75, 3.05) is 20.6 Å². The van der Waals surface area contributed by atoms with Gasteiger partial charge < -0.3 is 11.1 Å². The van der Waals surface area contributed by atoms with Crippen molar-refractivity contribution in [1.82, 2.24) is 10.2 Å². The van der Waals surface area contributed by atoms with Crippen LogP contribution in [0.5, 0.6) is 0 Å². The van der Waals surface area contributed by atoms with Crippen LogP contribution in [0.1, 0.15) is 13.3 Å². The molecule has 0 heterocycles. The van der Waals surface area contributed by atoms with Gasteiger partial charge in [-0.2, -0.15) is 13.2 Å². The van der Waals surface area contributed by atoms with Crippen LogP contribution in [0, 0.1) is 0 Å². The molecule has 0 bridgehead atoms. The predicted octanol–water partition coefficient (Wildman–Crippen LogP) is 0.332. The Labute approximate surface area is 93.0 Å². The maximum Gasteiger partial charge on any atom is 0.405 e. The Morgan fingerprint density at radius 2 is 2.00 bits per heavy atom. The second kappa shape index (κ2) is 6.05. The van der Waals surface area contributed by atoms with Crippen LogP contribution in [0.15, 0.2) is 0 Å². The monoisotopic (exact) mass is 241 g/mol. The highest BCUT2D eigenvalue weighted by Gasteiger charge is 2.45. The van der Waals surface area contributed by atoms with Crippen LogP contribution in [-0.2, 0) is 4.79 Å². The number of carbonyl (C=O) groups is 1. The number of nitrogens with two attached hydrogens (primary N) is 1. The predicted molar refractivity (Wildman–Crippen MR) is 54.8 cm³/mol. The minimum Gasteiger partial charge on any atom is -0.358 e. The van der Waals surface area contributed by atoms with Crippen molar-refractivity contribution < 1.29 is 18.0 Å². The summed E-state index contributed by atoms with van der Waals surface area (Å²) in [4.78, 5) is 11.9. The third-order valence-corrected chi connectivity index (χ3v) is 2.36. The minimum atomic E-state index is -4.43. The van der Waals surface area contributed by atoms with Crippen molar-refractivity contribution >= 4 is 5.91 Å². The van der Waals surface area contributed by atoms with Crippen LogP contribution in [0.25, 0.3) is 0 Å². The molecule has 7 heteroatoms. The lowest BCUT2D eigenvalue weighted by atomic mass is 10.0. The zero-order chi connectivity index (χ0) is 12.9. The van der Waals surface area contributed by atoms with E-state index in [0.717, 1.165) is 4.90 Å². The van der Waals surface area contributed by atoms with Crippen molar-refractivity contribution in [2.45, 2.75) is 31.6 Å². The highest BCUT2D eigenvalue weighted by atomic mass is 19.4. The fraction of sp³-hybridized carbons (Fsp3) is 0.889. The summed E-state index contributed by atoms with van der Waals surface area (Å²) in [6.07, 6.45) is -4.24. The maximum absolute atomic E-state index is 12.7. The van der Waals surface area contributed by atoms with Crippen LogP contribution in [0.4, 0.5) is 13.2 Å². The van der Waals surface area contributed by atoms with Crippen LogP contribution in [0.3, 0.4) is 0 Å². The Bertz CT molecular complexity index is 233. The third kappa shape index (κ3) is 4.36. The molecule has 0 fully saturated rings. The van der Waals surface area contributed by atoms with Gasteiger partial charge in [-0.25, -0.2) is 0 Å².